The summed E-state index contributed by atoms with van der Waals surface area (Å²) in [6.45, 7) is 1.87. The van der Waals surface area contributed by atoms with Gasteiger partial charge in [-0.2, -0.15) is 0 Å². The molecule has 18 heavy (non-hydrogen) atoms. The van der Waals surface area contributed by atoms with E-state index in [0.717, 1.165) is 30.4 Å². The maximum Gasteiger partial charge on any atom is 0.123 e. The quantitative estimate of drug-likeness (QED) is 0.801. The van der Waals surface area contributed by atoms with Gasteiger partial charge in [0.25, 0.3) is 0 Å². The van der Waals surface area contributed by atoms with Crippen molar-refractivity contribution in [2.45, 2.75) is 51.0 Å². The molecule has 0 saturated heterocycles. The first-order valence-electron chi connectivity index (χ1n) is 6.74. The maximum atomic E-state index is 12.9. The minimum Gasteiger partial charge on any atom is -0.385 e. The molecule has 1 unspecified atom stereocenters. The Morgan fingerprint density at radius 1 is 1.17 bits per heavy atom. The maximum absolute atomic E-state index is 12.9. The smallest absolute Gasteiger partial charge is 0.123 e. The lowest BCUT2D eigenvalue weighted by Crippen LogP contribution is -2.30. The lowest BCUT2D eigenvalue weighted by Gasteiger charge is -2.27. The number of hydrogen-bond donors (Lipinski definition) is 1. The van der Waals surface area contributed by atoms with Crippen LogP contribution in [0.25, 0.3) is 0 Å². The second-order valence-electron chi connectivity index (χ2n) is 5.41. The molecule has 1 atom stereocenters. The first kappa shape index (κ1) is 13.3. The molecule has 1 aliphatic rings. The highest BCUT2D eigenvalue weighted by Crippen LogP contribution is 2.29. The fraction of sp³-hybridized carbons (Fsp3) is 0.500. The van der Waals surface area contributed by atoms with Crippen LogP contribution in [0.1, 0.15) is 44.6 Å². The van der Waals surface area contributed by atoms with Gasteiger partial charge in [0.1, 0.15) is 5.82 Å². The van der Waals surface area contributed by atoms with Crippen LogP contribution in [-0.2, 0) is 6.42 Å². The normalized spacial score (nSPS) is 19.8. The average molecular weight is 248 g/mol. The SMILES string of the molecule is CC(O)(Cc1ccc(F)cc1)C1=CCCCCC1. The largest absolute Gasteiger partial charge is 0.385 e. The molecule has 0 aromatic heterocycles. The predicted molar refractivity (Wildman–Crippen MR) is 71.9 cm³/mol. The third-order valence-corrected chi connectivity index (χ3v) is 3.69. The van der Waals surface area contributed by atoms with Crippen molar-refractivity contribution in [3.63, 3.8) is 0 Å². The van der Waals surface area contributed by atoms with Crippen molar-refractivity contribution in [3.8, 4) is 0 Å². The van der Waals surface area contributed by atoms with Crippen molar-refractivity contribution >= 4 is 0 Å². The molecular weight excluding hydrogens is 227 g/mol. The monoisotopic (exact) mass is 248 g/mol. The lowest BCUT2D eigenvalue weighted by atomic mass is 9.86. The first-order valence-corrected chi connectivity index (χ1v) is 6.74. The Hall–Kier alpha value is -1.15. The Balaban J connectivity index is 2.10. The van der Waals surface area contributed by atoms with Gasteiger partial charge in [-0.3, -0.25) is 0 Å². The predicted octanol–water partition coefficient (Wildman–Crippen LogP) is 4.01. The van der Waals surface area contributed by atoms with E-state index < -0.39 is 5.60 Å². The van der Waals surface area contributed by atoms with E-state index in [1.54, 1.807) is 12.1 Å². The Bertz CT molecular complexity index is 417. The molecule has 0 saturated carbocycles. The van der Waals surface area contributed by atoms with Gasteiger partial charge in [0.05, 0.1) is 5.60 Å². The molecule has 0 spiro atoms. The lowest BCUT2D eigenvalue weighted by molar-refractivity contribution is 0.0949. The van der Waals surface area contributed by atoms with Gasteiger partial charge in [0, 0.05) is 6.42 Å². The van der Waals surface area contributed by atoms with Crippen LogP contribution in [0.5, 0.6) is 0 Å². The number of aliphatic hydroxyl groups is 1. The topological polar surface area (TPSA) is 20.2 Å². The van der Waals surface area contributed by atoms with Crippen molar-refractivity contribution in [1.29, 1.82) is 0 Å². The number of benzene rings is 1. The molecule has 1 N–H and O–H groups in total. The van der Waals surface area contributed by atoms with Gasteiger partial charge < -0.3 is 5.11 Å². The molecule has 2 rings (SSSR count). The molecule has 0 radical (unpaired) electrons. The van der Waals surface area contributed by atoms with E-state index in [1.807, 2.05) is 6.92 Å². The second kappa shape index (κ2) is 5.66. The number of rotatable bonds is 3. The van der Waals surface area contributed by atoms with Gasteiger partial charge in [-0.25, -0.2) is 4.39 Å². The summed E-state index contributed by atoms with van der Waals surface area (Å²) >= 11 is 0. The van der Waals surface area contributed by atoms with Crippen molar-refractivity contribution in [3.05, 3.63) is 47.3 Å². The van der Waals surface area contributed by atoms with Gasteiger partial charge in [-0.15, -0.1) is 0 Å². The van der Waals surface area contributed by atoms with Crippen molar-refractivity contribution in [2.75, 3.05) is 0 Å². The molecule has 1 aromatic carbocycles. The zero-order valence-corrected chi connectivity index (χ0v) is 11.0. The van der Waals surface area contributed by atoms with Crippen LogP contribution < -0.4 is 0 Å². The van der Waals surface area contributed by atoms with E-state index in [9.17, 15) is 9.50 Å². The highest BCUT2D eigenvalue weighted by molar-refractivity contribution is 5.24. The zero-order valence-electron chi connectivity index (χ0n) is 11.0. The van der Waals surface area contributed by atoms with Crippen LogP contribution in [0.4, 0.5) is 4.39 Å². The molecule has 0 amide bonds. The number of halogens is 1. The van der Waals surface area contributed by atoms with Gasteiger partial charge in [-0.1, -0.05) is 24.6 Å². The zero-order chi connectivity index (χ0) is 13.0. The van der Waals surface area contributed by atoms with Gasteiger partial charge in [-0.05, 0) is 55.9 Å². The summed E-state index contributed by atoms with van der Waals surface area (Å²) in [6, 6.07) is 6.40. The molecule has 1 nitrogen and oxygen atoms in total. The third kappa shape index (κ3) is 3.42. The van der Waals surface area contributed by atoms with E-state index >= 15 is 0 Å². The summed E-state index contributed by atoms with van der Waals surface area (Å²) in [5.41, 5.74) is 1.32. The van der Waals surface area contributed by atoms with E-state index in [2.05, 4.69) is 6.08 Å². The van der Waals surface area contributed by atoms with E-state index in [0.29, 0.717) is 6.42 Å². The second-order valence-corrected chi connectivity index (χ2v) is 5.41. The summed E-state index contributed by atoms with van der Waals surface area (Å²) < 4.78 is 12.9. The number of allylic oxidation sites excluding steroid dienone is 1. The van der Waals surface area contributed by atoms with Crippen LogP contribution in [0.2, 0.25) is 0 Å². The Morgan fingerprint density at radius 3 is 2.61 bits per heavy atom. The van der Waals surface area contributed by atoms with Crippen LogP contribution in [0, 0.1) is 5.82 Å². The summed E-state index contributed by atoms with van der Waals surface area (Å²) in [5.74, 6) is -0.230. The molecule has 0 fully saturated rings. The summed E-state index contributed by atoms with van der Waals surface area (Å²) in [6.07, 6.45) is 8.41. The van der Waals surface area contributed by atoms with Gasteiger partial charge >= 0.3 is 0 Å². The van der Waals surface area contributed by atoms with Crippen LogP contribution in [0.15, 0.2) is 35.9 Å². The molecule has 2 heteroatoms. The highest BCUT2D eigenvalue weighted by atomic mass is 19.1. The van der Waals surface area contributed by atoms with E-state index in [1.165, 1.54) is 25.0 Å². The Labute approximate surface area is 108 Å². The van der Waals surface area contributed by atoms with Crippen molar-refractivity contribution in [1.82, 2.24) is 0 Å². The van der Waals surface area contributed by atoms with Crippen molar-refractivity contribution in [2.24, 2.45) is 0 Å². The molecule has 98 valence electrons. The summed E-state index contributed by atoms with van der Waals surface area (Å²) in [7, 11) is 0. The minimum atomic E-state index is -0.803. The Kier molecular flexibility index (Phi) is 4.18. The molecular formula is C16H21FO. The van der Waals surface area contributed by atoms with Gasteiger partial charge in [0.2, 0.25) is 0 Å². The Morgan fingerprint density at radius 2 is 1.89 bits per heavy atom. The van der Waals surface area contributed by atoms with Crippen LogP contribution in [0.3, 0.4) is 0 Å². The molecule has 0 bridgehead atoms. The molecule has 0 heterocycles. The third-order valence-electron chi connectivity index (χ3n) is 3.69. The first-order chi connectivity index (χ1) is 8.58. The highest BCUT2D eigenvalue weighted by Gasteiger charge is 2.26. The van der Waals surface area contributed by atoms with E-state index in [4.69, 9.17) is 0 Å². The minimum absolute atomic E-state index is 0.230. The fourth-order valence-corrected chi connectivity index (χ4v) is 2.62. The van der Waals surface area contributed by atoms with Crippen LogP contribution in [-0.4, -0.2) is 10.7 Å². The average Bonchev–Trinajstić information content (AvgIpc) is 2.61. The van der Waals surface area contributed by atoms with Crippen molar-refractivity contribution < 1.29 is 9.50 Å². The molecule has 1 aromatic rings. The summed E-state index contributed by atoms with van der Waals surface area (Å²) in [4.78, 5) is 0. The van der Waals surface area contributed by atoms with E-state index in [-0.39, 0.29) is 5.82 Å². The fourth-order valence-electron chi connectivity index (χ4n) is 2.62. The van der Waals surface area contributed by atoms with Gasteiger partial charge in [0.15, 0.2) is 0 Å². The standard InChI is InChI=1S/C16H21FO/c1-16(18,14-6-4-2-3-5-7-14)12-13-8-10-15(17)11-9-13/h6,8-11,18H,2-5,7,12H2,1H3. The number of hydrogen-bond acceptors (Lipinski definition) is 1. The molecule has 0 aliphatic heterocycles. The summed E-state index contributed by atoms with van der Waals surface area (Å²) in [5, 5.41) is 10.6. The molecule has 1 aliphatic carbocycles. The van der Waals surface area contributed by atoms with Crippen LogP contribution >= 0.6 is 0 Å².